The Morgan fingerprint density at radius 3 is 2.42 bits per heavy atom. The minimum atomic E-state index is -0.366. The molecule has 2 aromatic rings. The summed E-state index contributed by atoms with van der Waals surface area (Å²) in [5.41, 5.74) is 2.50. The van der Waals surface area contributed by atoms with Crippen LogP contribution in [0.3, 0.4) is 0 Å². The first-order valence-corrected chi connectivity index (χ1v) is 8.73. The van der Waals surface area contributed by atoms with Crippen molar-refractivity contribution in [3.63, 3.8) is 0 Å². The zero-order valence-electron chi connectivity index (χ0n) is 14.5. The molecule has 0 unspecified atom stereocenters. The highest BCUT2D eigenvalue weighted by molar-refractivity contribution is 5.93. The fourth-order valence-electron chi connectivity index (χ4n) is 3.82. The van der Waals surface area contributed by atoms with Gasteiger partial charge in [0.2, 0.25) is 5.91 Å². The van der Waals surface area contributed by atoms with E-state index in [1.807, 2.05) is 17.0 Å². The van der Waals surface area contributed by atoms with E-state index in [9.17, 15) is 14.4 Å². The molecule has 1 N–H and O–H groups in total. The topological polar surface area (TPSA) is 84.3 Å². The summed E-state index contributed by atoms with van der Waals surface area (Å²) in [7, 11) is 1.50. The van der Waals surface area contributed by atoms with Gasteiger partial charge in [0.25, 0.3) is 11.5 Å². The van der Waals surface area contributed by atoms with Crippen molar-refractivity contribution in [3.05, 3.63) is 63.6 Å². The number of fused-ring (bicyclic) bond motifs is 1. The van der Waals surface area contributed by atoms with E-state index in [0.29, 0.717) is 13.0 Å². The van der Waals surface area contributed by atoms with Gasteiger partial charge in [-0.2, -0.15) is 5.10 Å². The Morgan fingerprint density at radius 2 is 1.77 bits per heavy atom. The first kappa shape index (κ1) is 16.5. The van der Waals surface area contributed by atoms with Crippen molar-refractivity contribution in [2.24, 2.45) is 7.05 Å². The lowest BCUT2D eigenvalue weighted by Crippen LogP contribution is -2.41. The molecule has 0 radical (unpaired) electrons. The van der Waals surface area contributed by atoms with Crippen LogP contribution in [0.5, 0.6) is 0 Å². The van der Waals surface area contributed by atoms with Crippen molar-refractivity contribution in [1.29, 1.82) is 0 Å². The van der Waals surface area contributed by atoms with E-state index < -0.39 is 0 Å². The Labute approximate surface area is 150 Å². The fraction of sp³-hybridized carbons (Fsp3) is 0.368. The van der Waals surface area contributed by atoms with Crippen LogP contribution in [-0.2, 0) is 24.7 Å². The minimum Gasteiger partial charge on any atom is -0.346 e. The van der Waals surface area contributed by atoms with Gasteiger partial charge < -0.3 is 10.2 Å². The van der Waals surface area contributed by atoms with Gasteiger partial charge >= 0.3 is 0 Å². The number of nitrogens with zero attached hydrogens (tertiary/aromatic N) is 3. The normalized spacial score (nSPS) is 19.7. The number of carbonyl (C=O) groups excluding carboxylic acids is 2. The zero-order chi connectivity index (χ0) is 18.3. The molecule has 1 saturated heterocycles. The number of aryl methyl sites for hydroxylation is 1. The Bertz CT molecular complexity index is 911. The Morgan fingerprint density at radius 1 is 1.08 bits per heavy atom. The second-order valence-corrected chi connectivity index (χ2v) is 6.93. The van der Waals surface area contributed by atoms with Gasteiger partial charge in [-0.05, 0) is 30.0 Å². The largest absolute Gasteiger partial charge is 0.346 e. The summed E-state index contributed by atoms with van der Waals surface area (Å²) in [5.74, 6) is -0.295. The molecule has 7 heteroatoms. The molecule has 134 valence electrons. The van der Waals surface area contributed by atoms with Crippen molar-refractivity contribution in [2.75, 3.05) is 6.54 Å². The molecule has 1 aromatic carbocycles. The van der Waals surface area contributed by atoms with Crippen LogP contribution in [0.1, 0.15) is 28.0 Å². The summed E-state index contributed by atoms with van der Waals surface area (Å²) in [6.07, 6.45) is 2.03. The van der Waals surface area contributed by atoms with Crippen LogP contribution in [0.15, 0.2) is 41.2 Å². The summed E-state index contributed by atoms with van der Waals surface area (Å²) in [5, 5.41) is 6.82. The molecule has 2 amide bonds. The Balaban J connectivity index is 1.41. The van der Waals surface area contributed by atoms with Crippen molar-refractivity contribution >= 4 is 11.8 Å². The SMILES string of the molecule is Cn1nc(C(=O)N[C@@H]2CC(=O)N(C3Cc4ccccc4C3)C2)ccc1=O. The highest BCUT2D eigenvalue weighted by Gasteiger charge is 2.37. The van der Waals surface area contributed by atoms with Gasteiger partial charge in [-0.15, -0.1) is 0 Å². The molecule has 0 bridgehead atoms. The third kappa shape index (κ3) is 3.00. The molecule has 0 spiro atoms. The number of hydrogen-bond donors (Lipinski definition) is 1. The lowest BCUT2D eigenvalue weighted by Gasteiger charge is -2.24. The quantitative estimate of drug-likeness (QED) is 0.860. The molecule has 0 saturated carbocycles. The third-order valence-corrected chi connectivity index (χ3v) is 5.16. The highest BCUT2D eigenvalue weighted by Crippen LogP contribution is 2.28. The Kier molecular flexibility index (Phi) is 4.06. The number of hydrogen-bond acceptors (Lipinski definition) is 4. The second kappa shape index (κ2) is 6.40. The first-order chi connectivity index (χ1) is 12.5. The summed E-state index contributed by atoms with van der Waals surface area (Å²) < 4.78 is 1.12. The van der Waals surface area contributed by atoms with Gasteiger partial charge in [-0.3, -0.25) is 14.4 Å². The number of benzene rings is 1. The van der Waals surface area contributed by atoms with Crippen molar-refractivity contribution in [1.82, 2.24) is 20.0 Å². The molecule has 2 aliphatic rings. The molecule has 2 heterocycles. The number of likely N-dealkylation sites (tertiary alicyclic amines) is 1. The number of amides is 2. The molecule has 4 rings (SSSR count). The third-order valence-electron chi connectivity index (χ3n) is 5.16. The maximum absolute atomic E-state index is 12.5. The van der Waals surface area contributed by atoms with E-state index in [0.717, 1.165) is 17.5 Å². The van der Waals surface area contributed by atoms with Crippen molar-refractivity contribution in [2.45, 2.75) is 31.3 Å². The zero-order valence-corrected chi connectivity index (χ0v) is 14.5. The highest BCUT2D eigenvalue weighted by atomic mass is 16.2. The number of nitrogens with one attached hydrogen (secondary N) is 1. The molecule has 1 atom stereocenters. The molecule has 26 heavy (non-hydrogen) atoms. The average molecular weight is 352 g/mol. The first-order valence-electron chi connectivity index (χ1n) is 8.73. The van der Waals surface area contributed by atoms with Crippen molar-refractivity contribution in [3.8, 4) is 0 Å². The Hall–Kier alpha value is -2.96. The molecule has 1 aromatic heterocycles. The van der Waals surface area contributed by atoms with E-state index in [2.05, 4.69) is 22.5 Å². The van der Waals surface area contributed by atoms with Crippen LogP contribution >= 0.6 is 0 Å². The number of rotatable bonds is 3. The fourth-order valence-corrected chi connectivity index (χ4v) is 3.82. The maximum Gasteiger partial charge on any atom is 0.272 e. The monoisotopic (exact) mass is 352 g/mol. The van der Waals surface area contributed by atoms with Gasteiger partial charge in [-0.1, -0.05) is 24.3 Å². The molecule has 1 aliphatic heterocycles. The van der Waals surface area contributed by atoms with Gasteiger partial charge in [0.05, 0.1) is 6.04 Å². The van der Waals surface area contributed by atoms with E-state index in [4.69, 9.17) is 0 Å². The van der Waals surface area contributed by atoms with Gasteiger partial charge in [-0.25, -0.2) is 4.68 Å². The summed E-state index contributed by atoms with van der Waals surface area (Å²) in [6, 6.07) is 10.9. The predicted octanol–water partition coefficient (Wildman–Crippen LogP) is 0.278. The number of aromatic nitrogens is 2. The van der Waals surface area contributed by atoms with Crippen LogP contribution in [0.4, 0.5) is 0 Å². The average Bonchev–Trinajstić information content (AvgIpc) is 3.20. The van der Waals surface area contributed by atoms with Crippen LogP contribution in [0.25, 0.3) is 0 Å². The smallest absolute Gasteiger partial charge is 0.272 e. The van der Waals surface area contributed by atoms with Crippen LogP contribution in [0, 0.1) is 0 Å². The van der Waals surface area contributed by atoms with Gasteiger partial charge in [0, 0.05) is 32.1 Å². The standard InChI is InChI=1S/C19H20N4O3/c1-22-17(24)7-6-16(21-22)19(26)20-14-10-18(25)23(11-14)15-8-12-4-2-3-5-13(12)9-15/h2-7,14-15H,8-11H2,1H3,(H,20,26)/t14-/m1/s1. The molecule has 1 fully saturated rings. The van der Waals surface area contributed by atoms with Crippen LogP contribution in [-0.4, -0.2) is 45.1 Å². The van der Waals surface area contributed by atoms with Crippen LogP contribution < -0.4 is 10.9 Å². The lowest BCUT2D eigenvalue weighted by atomic mass is 10.1. The maximum atomic E-state index is 12.5. The minimum absolute atomic E-state index is 0.0709. The molecule has 7 nitrogen and oxygen atoms in total. The van der Waals surface area contributed by atoms with E-state index >= 15 is 0 Å². The lowest BCUT2D eigenvalue weighted by molar-refractivity contribution is -0.129. The molecule has 1 aliphatic carbocycles. The number of carbonyl (C=O) groups is 2. The van der Waals surface area contributed by atoms with Crippen LogP contribution in [0.2, 0.25) is 0 Å². The van der Waals surface area contributed by atoms with E-state index in [1.165, 1.54) is 30.3 Å². The van der Waals surface area contributed by atoms with Gasteiger partial charge in [0.1, 0.15) is 5.69 Å². The second-order valence-electron chi connectivity index (χ2n) is 6.93. The predicted molar refractivity (Wildman–Crippen MR) is 94.7 cm³/mol. The molecular weight excluding hydrogens is 332 g/mol. The van der Waals surface area contributed by atoms with E-state index in [-0.39, 0.29) is 35.2 Å². The molecular formula is C19H20N4O3. The summed E-state index contributed by atoms with van der Waals surface area (Å²) in [6.45, 7) is 0.509. The van der Waals surface area contributed by atoms with Crippen molar-refractivity contribution < 1.29 is 9.59 Å². The summed E-state index contributed by atoms with van der Waals surface area (Å²) >= 11 is 0. The van der Waals surface area contributed by atoms with E-state index in [1.54, 1.807) is 0 Å². The summed E-state index contributed by atoms with van der Waals surface area (Å²) in [4.78, 5) is 38.1. The van der Waals surface area contributed by atoms with Gasteiger partial charge in [0.15, 0.2) is 0 Å².